The topological polar surface area (TPSA) is 114 Å². The van der Waals surface area contributed by atoms with Crippen LogP contribution in [0, 0.1) is 0 Å². The van der Waals surface area contributed by atoms with Crippen molar-refractivity contribution >= 4 is 29.6 Å². The summed E-state index contributed by atoms with van der Waals surface area (Å²) in [7, 11) is 0. The number of esters is 2. The molecule has 162 valence electrons. The monoisotopic (exact) mass is 444 g/mol. The summed E-state index contributed by atoms with van der Waals surface area (Å²) in [5.41, 5.74) is 1.55. The van der Waals surface area contributed by atoms with Gasteiger partial charge in [-0.3, -0.25) is 4.79 Å². The number of hydrogen-bond donors (Lipinski definition) is 3. The number of urea groups is 1. The molecule has 2 aromatic carbocycles. The lowest BCUT2D eigenvalue weighted by Crippen LogP contribution is -2.47. The van der Waals surface area contributed by atoms with Gasteiger partial charge in [0, 0.05) is 5.02 Å². The second-order valence-corrected chi connectivity index (χ2v) is 7.14. The minimum atomic E-state index is -0.795. The number of hydrogen-bond acceptors (Lipinski definition) is 6. The molecule has 9 heteroatoms. The van der Waals surface area contributed by atoms with Crippen molar-refractivity contribution in [2.24, 2.45) is 0 Å². The maximum absolute atomic E-state index is 12.7. The molecule has 0 radical (unpaired) electrons. The molecule has 1 heterocycles. The summed E-state index contributed by atoms with van der Waals surface area (Å²) in [6.07, 6.45) is -0.0326. The van der Waals surface area contributed by atoms with Gasteiger partial charge in [-0.1, -0.05) is 35.9 Å². The molecule has 1 atom stereocenters. The van der Waals surface area contributed by atoms with E-state index < -0.39 is 24.0 Å². The smallest absolute Gasteiger partial charge is 0.338 e. The number of ether oxygens (including phenoxy) is 2. The van der Waals surface area contributed by atoms with Gasteiger partial charge in [-0.05, 0) is 42.3 Å². The number of aromatic hydroxyl groups is 1. The second-order valence-electron chi connectivity index (χ2n) is 6.70. The number of benzene rings is 2. The fourth-order valence-corrected chi connectivity index (χ4v) is 3.20. The standard InChI is InChI=1S/C22H21ClN2O6/c1-2-30-21(28)19-17(12-31-18(27)11-13-3-9-16(26)10-4-13)24-22(29)25-20(19)14-5-7-15(23)8-6-14/h3-10,20,26H,2,11-12H2,1H3,(H2,24,25,29)/t20-/m0/s1. The van der Waals surface area contributed by atoms with Crippen molar-refractivity contribution in [3.63, 3.8) is 0 Å². The minimum Gasteiger partial charge on any atom is -0.508 e. The summed E-state index contributed by atoms with van der Waals surface area (Å²) < 4.78 is 10.5. The van der Waals surface area contributed by atoms with Gasteiger partial charge in [-0.2, -0.15) is 0 Å². The van der Waals surface area contributed by atoms with Gasteiger partial charge in [-0.25, -0.2) is 9.59 Å². The van der Waals surface area contributed by atoms with Crippen LogP contribution in [-0.2, 0) is 25.5 Å². The Morgan fingerprint density at radius 3 is 2.39 bits per heavy atom. The Kier molecular flexibility index (Phi) is 7.15. The van der Waals surface area contributed by atoms with Crippen molar-refractivity contribution in [3.05, 3.63) is 76.0 Å². The molecule has 0 bridgehead atoms. The first-order valence-electron chi connectivity index (χ1n) is 9.54. The lowest BCUT2D eigenvalue weighted by molar-refractivity contribution is -0.143. The van der Waals surface area contributed by atoms with E-state index in [1.165, 1.54) is 12.1 Å². The Morgan fingerprint density at radius 2 is 1.74 bits per heavy atom. The number of halogens is 1. The molecule has 0 saturated heterocycles. The summed E-state index contributed by atoms with van der Waals surface area (Å²) in [4.78, 5) is 37.1. The number of amides is 2. The van der Waals surface area contributed by atoms with Crippen molar-refractivity contribution in [3.8, 4) is 5.75 Å². The quantitative estimate of drug-likeness (QED) is 0.566. The minimum absolute atomic E-state index is 0.0326. The summed E-state index contributed by atoms with van der Waals surface area (Å²) >= 11 is 5.94. The largest absolute Gasteiger partial charge is 0.508 e. The molecular weight excluding hydrogens is 424 g/mol. The van der Waals surface area contributed by atoms with Crippen LogP contribution < -0.4 is 10.6 Å². The van der Waals surface area contributed by atoms with E-state index in [2.05, 4.69) is 10.6 Å². The van der Waals surface area contributed by atoms with Gasteiger partial charge in [0.2, 0.25) is 0 Å². The third kappa shape index (κ3) is 5.76. The molecule has 1 aliphatic rings. The number of phenolic OH excluding ortho intramolecular Hbond substituents is 1. The molecule has 0 unspecified atom stereocenters. The predicted octanol–water partition coefficient (Wildman–Crippen LogP) is 3.00. The zero-order valence-electron chi connectivity index (χ0n) is 16.7. The number of nitrogens with one attached hydrogen (secondary N) is 2. The van der Waals surface area contributed by atoms with Gasteiger partial charge < -0.3 is 25.2 Å². The van der Waals surface area contributed by atoms with E-state index in [0.29, 0.717) is 16.1 Å². The van der Waals surface area contributed by atoms with E-state index in [0.717, 1.165) is 0 Å². The highest BCUT2D eigenvalue weighted by molar-refractivity contribution is 6.30. The maximum Gasteiger partial charge on any atom is 0.338 e. The van der Waals surface area contributed by atoms with Crippen LogP contribution in [0.25, 0.3) is 0 Å². The van der Waals surface area contributed by atoms with Crippen molar-refractivity contribution in [1.29, 1.82) is 0 Å². The summed E-state index contributed by atoms with van der Waals surface area (Å²) in [6.45, 7) is 1.49. The van der Waals surface area contributed by atoms with Crippen molar-refractivity contribution in [2.75, 3.05) is 13.2 Å². The molecule has 3 N–H and O–H groups in total. The van der Waals surface area contributed by atoms with E-state index in [-0.39, 0.29) is 36.7 Å². The Hall–Kier alpha value is -3.52. The molecule has 31 heavy (non-hydrogen) atoms. The molecule has 0 saturated carbocycles. The zero-order chi connectivity index (χ0) is 22.4. The molecule has 8 nitrogen and oxygen atoms in total. The summed E-state index contributed by atoms with van der Waals surface area (Å²) in [5, 5.41) is 15.1. The average molecular weight is 445 g/mol. The van der Waals surface area contributed by atoms with Crippen LogP contribution in [-0.4, -0.2) is 36.3 Å². The first-order valence-corrected chi connectivity index (χ1v) is 9.92. The fraction of sp³-hybridized carbons (Fsp3) is 0.227. The van der Waals surface area contributed by atoms with Crippen molar-refractivity contribution in [2.45, 2.75) is 19.4 Å². The van der Waals surface area contributed by atoms with E-state index in [1.807, 2.05) is 0 Å². The molecule has 0 aromatic heterocycles. The first-order chi connectivity index (χ1) is 14.9. The molecule has 3 rings (SSSR count). The van der Waals surface area contributed by atoms with Gasteiger partial charge in [0.25, 0.3) is 0 Å². The normalized spacial score (nSPS) is 15.7. The Bertz CT molecular complexity index is 1000. The first kappa shape index (κ1) is 22.2. The van der Waals surface area contributed by atoms with Crippen LogP contribution in [0.5, 0.6) is 5.75 Å². The van der Waals surface area contributed by atoms with E-state index in [4.69, 9.17) is 21.1 Å². The van der Waals surface area contributed by atoms with Crippen LogP contribution in [0.2, 0.25) is 5.02 Å². The van der Waals surface area contributed by atoms with Gasteiger partial charge in [-0.15, -0.1) is 0 Å². The predicted molar refractivity (Wildman–Crippen MR) is 112 cm³/mol. The number of carbonyl (C=O) groups excluding carboxylic acids is 3. The molecule has 0 aliphatic carbocycles. The van der Waals surface area contributed by atoms with E-state index in [1.54, 1.807) is 43.3 Å². The summed E-state index contributed by atoms with van der Waals surface area (Å²) in [5.74, 6) is -1.11. The molecule has 0 fully saturated rings. The zero-order valence-corrected chi connectivity index (χ0v) is 17.4. The second kappa shape index (κ2) is 9.99. The van der Waals surface area contributed by atoms with Crippen LogP contribution in [0.15, 0.2) is 59.8 Å². The third-order valence-electron chi connectivity index (χ3n) is 4.51. The van der Waals surface area contributed by atoms with E-state index >= 15 is 0 Å². The fourth-order valence-electron chi connectivity index (χ4n) is 3.07. The average Bonchev–Trinajstić information content (AvgIpc) is 2.74. The SMILES string of the molecule is CCOC(=O)C1=C(COC(=O)Cc2ccc(O)cc2)NC(=O)N[C@H]1c1ccc(Cl)cc1. The van der Waals surface area contributed by atoms with Crippen LogP contribution in [0.1, 0.15) is 24.1 Å². The Balaban J connectivity index is 1.83. The number of rotatable bonds is 7. The van der Waals surface area contributed by atoms with Crippen molar-refractivity contribution in [1.82, 2.24) is 10.6 Å². The number of carbonyl (C=O) groups is 3. The highest BCUT2D eigenvalue weighted by Crippen LogP contribution is 2.29. The molecule has 2 aromatic rings. The summed E-state index contributed by atoms with van der Waals surface area (Å²) in [6, 6.07) is 11.5. The molecule has 0 spiro atoms. The van der Waals surface area contributed by atoms with E-state index in [9.17, 15) is 19.5 Å². The van der Waals surface area contributed by atoms with Crippen molar-refractivity contribution < 1.29 is 29.0 Å². The highest BCUT2D eigenvalue weighted by atomic mass is 35.5. The maximum atomic E-state index is 12.7. The lowest BCUT2D eigenvalue weighted by Gasteiger charge is -2.29. The molecule has 2 amide bonds. The molecular formula is C22H21ClN2O6. The highest BCUT2D eigenvalue weighted by Gasteiger charge is 2.34. The molecule has 1 aliphatic heterocycles. The number of phenols is 1. The van der Waals surface area contributed by atoms with Gasteiger partial charge >= 0.3 is 18.0 Å². The van der Waals surface area contributed by atoms with Gasteiger partial charge in [0.15, 0.2) is 0 Å². The third-order valence-corrected chi connectivity index (χ3v) is 4.77. The Morgan fingerprint density at radius 1 is 1.06 bits per heavy atom. The van der Waals surface area contributed by atoms with Crippen LogP contribution in [0.3, 0.4) is 0 Å². The lowest BCUT2D eigenvalue weighted by atomic mass is 9.95. The van der Waals surface area contributed by atoms with Crippen LogP contribution in [0.4, 0.5) is 4.79 Å². The van der Waals surface area contributed by atoms with Gasteiger partial charge in [0.1, 0.15) is 12.4 Å². The Labute approximate surface area is 183 Å². The van der Waals surface area contributed by atoms with Gasteiger partial charge in [0.05, 0.1) is 30.3 Å². The van der Waals surface area contributed by atoms with Crippen LogP contribution >= 0.6 is 11.6 Å².